The van der Waals surface area contributed by atoms with Gasteiger partial charge in [-0.3, -0.25) is 0 Å². The Balaban J connectivity index is 2.45. The summed E-state index contributed by atoms with van der Waals surface area (Å²) in [7, 11) is 0. The van der Waals surface area contributed by atoms with E-state index in [4.69, 9.17) is 0 Å². The lowest BCUT2D eigenvalue weighted by molar-refractivity contribution is 0.609. The van der Waals surface area contributed by atoms with Crippen molar-refractivity contribution in [3.05, 3.63) is 23.8 Å². The van der Waals surface area contributed by atoms with Crippen molar-refractivity contribution in [3.8, 4) is 0 Å². The van der Waals surface area contributed by atoms with Gasteiger partial charge in [0.25, 0.3) is 0 Å². The summed E-state index contributed by atoms with van der Waals surface area (Å²) in [6, 6.07) is 0. The van der Waals surface area contributed by atoms with Crippen LogP contribution >= 0.6 is 0 Å². The van der Waals surface area contributed by atoms with E-state index in [1.807, 2.05) is 6.92 Å². The second-order valence-electron chi connectivity index (χ2n) is 2.93. The van der Waals surface area contributed by atoms with Crippen LogP contribution in [0.5, 0.6) is 0 Å². The second kappa shape index (κ2) is 3.57. The molecule has 56 valence electrons. The summed E-state index contributed by atoms with van der Waals surface area (Å²) >= 11 is 0. The van der Waals surface area contributed by atoms with Gasteiger partial charge in [0.2, 0.25) is 0 Å². The lowest BCUT2D eigenvalue weighted by Crippen LogP contribution is -2.23. The van der Waals surface area contributed by atoms with Crippen LogP contribution in [0.4, 0.5) is 0 Å². The van der Waals surface area contributed by atoms with Crippen LogP contribution in [-0.4, -0.2) is 13.1 Å². The molecule has 1 heteroatoms. The largest absolute Gasteiger partial charge is 0.313 e. The molecule has 0 amide bonds. The molecule has 1 saturated heterocycles. The Bertz CT molecular complexity index is 148. The third-order valence-corrected chi connectivity index (χ3v) is 1.65. The van der Waals surface area contributed by atoms with Crippen LogP contribution in [0.2, 0.25) is 0 Å². The van der Waals surface area contributed by atoms with Gasteiger partial charge in [-0.2, -0.15) is 0 Å². The zero-order valence-electron chi connectivity index (χ0n) is 6.61. The molecule has 0 atom stereocenters. The van der Waals surface area contributed by atoms with Gasteiger partial charge in [0.05, 0.1) is 0 Å². The van der Waals surface area contributed by atoms with Crippen LogP contribution in [0.25, 0.3) is 0 Å². The van der Waals surface area contributed by atoms with Gasteiger partial charge >= 0.3 is 0 Å². The smallest absolute Gasteiger partial charge is 0.0167 e. The molecule has 0 bridgehead atoms. The number of hydrogen-bond acceptors (Lipinski definition) is 1. The maximum Gasteiger partial charge on any atom is 0.0167 e. The van der Waals surface area contributed by atoms with Crippen molar-refractivity contribution in [2.75, 3.05) is 13.1 Å². The highest BCUT2D eigenvalue weighted by molar-refractivity contribution is 5.20. The Hall–Kier alpha value is -0.560. The summed E-state index contributed by atoms with van der Waals surface area (Å²) in [5, 5.41) is 3.33. The molecule has 0 aromatic heterocycles. The Kier molecular flexibility index (Phi) is 2.69. The van der Waals surface area contributed by atoms with Crippen molar-refractivity contribution in [1.82, 2.24) is 5.32 Å². The normalized spacial score (nSPS) is 23.1. The van der Waals surface area contributed by atoms with Crippen LogP contribution in [0.3, 0.4) is 0 Å². The molecule has 0 aromatic rings. The van der Waals surface area contributed by atoms with Gasteiger partial charge in [-0.1, -0.05) is 23.8 Å². The predicted molar refractivity (Wildman–Crippen MR) is 45.0 cm³/mol. The fourth-order valence-electron chi connectivity index (χ4n) is 1.25. The summed E-state index contributed by atoms with van der Waals surface area (Å²) < 4.78 is 0. The average Bonchev–Trinajstić information content (AvgIpc) is 1.88. The van der Waals surface area contributed by atoms with Crippen LogP contribution in [0.15, 0.2) is 23.8 Å². The quantitative estimate of drug-likeness (QED) is 0.581. The molecule has 1 aliphatic rings. The highest BCUT2D eigenvalue weighted by atomic mass is 14.9. The van der Waals surface area contributed by atoms with Crippen molar-refractivity contribution in [3.63, 3.8) is 0 Å². The lowest BCUT2D eigenvalue weighted by atomic mass is 10.0. The zero-order chi connectivity index (χ0) is 7.40. The Morgan fingerprint density at radius 1 is 1.70 bits per heavy atom. The van der Waals surface area contributed by atoms with E-state index in [0.717, 1.165) is 6.54 Å². The van der Waals surface area contributed by atoms with Gasteiger partial charge in [-0.05, 0) is 26.3 Å². The van der Waals surface area contributed by atoms with Crippen LogP contribution in [0, 0.1) is 0 Å². The minimum absolute atomic E-state index is 1.06. The topological polar surface area (TPSA) is 12.0 Å². The van der Waals surface area contributed by atoms with Crippen LogP contribution < -0.4 is 5.32 Å². The number of rotatable bonds is 1. The maximum absolute atomic E-state index is 3.85. The maximum atomic E-state index is 3.85. The third kappa shape index (κ3) is 2.36. The number of piperidine rings is 1. The molecule has 10 heavy (non-hydrogen) atoms. The molecule has 1 aliphatic heterocycles. The van der Waals surface area contributed by atoms with Crippen LogP contribution in [0.1, 0.15) is 19.8 Å². The first kappa shape index (κ1) is 7.55. The Labute approximate surface area is 62.8 Å². The van der Waals surface area contributed by atoms with Gasteiger partial charge in [-0.15, -0.1) is 0 Å². The first-order chi connectivity index (χ1) is 4.79. The summed E-state index contributed by atoms with van der Waals surface area (Å²) in [6.07, 6.45) is 4.71. The van der Waals surface area contributed by atoms with Crippen molar-refractivity contribution in [2.24, 2.45) is 0 Å². The van der Waals surface area contributed by atoms with E-state index in [0.29, 0.717) is 0 Å². The Morgan fingerprint density at radius 2 is 2.50 bits per heavy atom. The van der Waals surface area contributed by atoms with Gasteiger partial charge < -0.3 is 5.32 Å². The van der Waals surface area contributed by atoms with Gasteiger partial charge in [0.15, 0.2) is 0 Å². The average molecular weight is 137 g/mol. The molecule has 1 heterocycles. The summed E-state index contributed by atoms with van der Waals surface area (Å²) in [5.41, 5.74) is 2.66. The fraction of sp³-hybridized carbons (Fsp3) is 0.556. The molecule has 1 nitrogen and oxygen atoms in total. The molecule has 0 aliphatic carbocycles. The van der Waals surface area contributed by atoms with Crippen molar-refractivity contribution < 1.29 is 0 Å². The van der Waals surface area contributed by atoms with Gasteiger partial charge in [0.1, 0.15) is 0 Å². The summed E-state index contributed by atoms with van der Waals surface area (Å²) in [4.78, 5) is 0. The fourth-order valence-corrected chi connectivity index (χ4v) is 1.25. The minimum atomic E-state index is 1.06. The van der Waals surface area contributed by atoms with E-state index in [-0.39, 0.29) is 0 Å². The molecule has 0 radical (unpaired) electrons. The SMILES string of the molecule is C=C(C)C=C1CCCNC1. The Morgan fingerprint density at radius 3 is 3.00 bits per heavy atom. The van der Waals surface area contributed by atoms with Gasteiger partial charge in [-0.25, -0.2) is 0 Å². The van der Waals surface area contributed by atoms with E-state index in [1.54, 1.807) is 0 Å². The van der Waals surface area contributed by atoms with Crippen molar-refractivity contribution >= 4 is 0 Å². The third-order valence-electron chi connectivity index (χ3n) is 1.65. The number of allylic oxidation sites excluding steroid dienone is 2. The number of hydrogen-bond donors (Lipinski definition) is 1. The first-order valence-corrected chi connectivity index (χ1v) is 3.85. The van der Waals surface area contributed by atoms with E-state index < -0.39 is 0 Å². The zero-order valence-corrected chi connectivity index (χ0v) is 6.61. The summed E-state index contributed by atoms with van der Waals surface area (Å²) in [5.74, 6) is 0. The second-order valence-corrected chi connectivity index (χ2v) is 2.93. The number of nitrogens with one attached hydrogen (secondary N) is 1. The molecule has 1 N–H and O–H groups in total. The highest BCUT2D eigenvalue weighted by Crippen LogP contribution is 2.09. The first-order valence-electron chi connectivity index (χ1n) is 3.85. The molecule has 0 aromatic carbocycles. The predicted octanol–water partition coefficient (Wildman–Crippen LogP) is 1.87. The molecular formula is C9H15N. The van der Waals surface area contributed by atoms with E-state index in [2.05, 4.69) is 18.0 Å². The standard InChI is InChI=1S/C9H15N/c1-8(2)6-9-4-3-5-10-7-9/h6,10H,1,3-5,7H2,2H3. The van der Waals surface area contributed by atoms with E-state index in [1.165, 1.54) is 30.5 Å². The molecule has 0 saturated carbocycles. The molecule has 0 spiro atoms. The van der Waals surface area contributed by atoms with E-state index in [9.17, 15) is 0 Å². The molecule has 1 fully saturated rings. The van der Waals surface area contributed by atoms with Crippen molar-refractivity contribution in [2.45, 2.75) is 19.8 Å². The lowest BCUT2D eigenvalue weighted by Gasteiger charge is -2.14. The minimum Gasteiger partial charge on any atom is -0.313 e. The van der Waals surface area contributed by atoms with E-state index >= 15 is 0 Å². The monoisotopic (exact) mass is 137 g/mol. The van der Waals surface area contributed by atoms with Gasteiger partial charge in [0, 0.05) is 6.54 Å². The summed E-state index contributed by atoms with van der Waals surface area (Å²) in [6.45, 7) is 8.12. The highest BCUT2D eigenvalue weighted by Gasteiger charge is 2.02. The molecule has 1 rings (SSSR count). The molecule has 0 unspecified atom stereocenters. The molecular weight excluding hydrogens is 122 g/mol. The van der Waals surface area contributed by atoms with Crippen LogP contribution in [-0.2, 0) is 0 Å². The van der Waals surface area contributed by atoms with Crippen molar-refractivity contribution in [1.29, 1.82) is 0 Å².